The second kappa shape index (κ2) is 6.81. The summed E-state index contributed by atoms with van der Waals surface area (Å²) in [7, 11) is -2.84. The maximum atomic E-state index is 12.0. The summed E-state index contributed by atoms with van der Waals surface area (Å²) in [6, 6.07) is 0. The second-order valence-electron chi connectivity index (χ2n) is 8.17. The third-order valence-corrected chi connectivity index (χ3v) is 3.42. The van der Waals surface area contributed by atoms with Gasteiger partial charge < -0.3 is 13.3 Å². The van der Waals surface area contributed by atoms with Crippen LogP contribution in [0.3, 0.4) is 0 Å². The van der Waals surface area contributed by atoms with Crippen molar-refractivity contribution in [2.24, 2.45) is 16.2 Å². The molecule has 7 heteroatoms. The van der Waals surface area contributed by atoms with Gasteiger partial charge in [-0.15, -0.1) is 0 Å². The van der Waals surface area contributed by atoms with E-state index >= 15 is 0 Å². The molecule has 127 valence electrons. The van der Waals surface area contributed by atoms with Crippen LogP contribution in [0.2, 0.25) is 0 Å². The molecule has 0 unspecified atom stereocenters. The van der Waals surface area contributed by atoms with Crippen molar-refractivity contribution in [1.29, 1.82) is 0 Å². The summed E-state index contributed by atoms with van der Waals surface area (Å²) in [5, 5.41) is 0. The molecule has 0 saturated heterocycles. The van der Waals surface area contributed by atoms with Gasteiger partial charge in [0.05, 0.1) is 16.2 Å². The van der Waals surface area contributed by atoms with Crippen molar-refractivity contribution in [3.8, 4) is 0 Å². The van der Waals surface area contributed by atoms with Gasteiger partial charge in [-0.25, -0.2) is 0 Å². The summed E-state index contributed by atoms with van der Waals surface area (Å²) in [5.41, 5.74) is -2.38. The highest BCUT2D eigenvalue weighted by Crippen LogP contribution is 2.21. The molecular formula is C15H27O6Si. The molecule has 6 nitrogen and oxygen atoms in total. The van der Waals surface area contributed by atoms with Gasteiger partial charge >= 0.3 is 27.4 Å². The van der Waals surface area contributed by atoms with Gasteiger partial charge in [-0.05, 0) is 62.3 Å². The van der Waals surface area contributed by atoms with Gasteiger partial charge in [-0.2, -0.15) is 0 Å². The average Bonchev–Trinajstić information content (AvgIpc) is 2.24. The van der Waals surface area contributed by atoms with E-state index in [9.17, 15) is 14.4 Å². The van der Waals surface area contributed by atoms with E-state index in [0.29, 0.717) is 0 Å². The Kier molecular flexibility index (Phi) is 6.38. The minimum atomic E-state index is -2.84. The summed E-state index contributed by atoms with van der Waals surface area (Å²) in [4.78, 5) is 35.9. The Balaban J connectivity index is 5.12. The first-order valence-electron chi connectivity index (χ1n) is 7.09. The van der Waals surface area contributed by atoms with E-state index in [2.05, 4.69) is 0 Å². The molecule has 0 fully saturated rings. The van der Waals surface area contributed by atoms with Crippen molar-refractivity contribution >= 4 is 27.4 Å². The fourth-order valence-corrected chi connectivity index (χ4v) is 2.25. The van der Waals surface area contributed by atoms with Crippen LogP contribution in [0, 0.1) is 16.2 Å². The fraction of sp³-hybridized carbons (Fsp3) is 0.800. The summed E-state index contributed by atoms with van der Waals surface area (Å²) < 4.78 is 15.4. The standard InChI is InChI=1S/C15H27O6Si/c1-13(2,3)10(16)19-22(20-11(17)14(4,5)6)21-12(18)15(7,8)9/h1-9H3. The summed E-state index contributed by atoms with van der Waals surface area (Å²) in [6.45, 7) is 14.9. The molecule has 0 aliphatic heterocycles. The van der Waals surface area contributed by atoms with E-state index in [-0.39, 0.29) is 0 Å². The van der Waals surface area contributed by atoms with E-state index < -0.39 is 43.7 Å². The highest BCUT2D eigenvalue weighted by molar-refractivity contribution is 6.44. The highest BCUT2D eigenvalue weighted by atomic mass is 28.3. The number of rotatable bonds is 3. The Bertz CT molecular complexity index is 370. The first kappa shape index (κ1) is 20.6. The molecule has 0 spiro atoms. The van der Waals surface area contributed by atoms with Crippen molar-refractivity contribution < 1.29 is 27.7 Å². The van der Waals surface area contributed by atoms with Gasteiger partial charge in [0.15, 0.2) is 0 Å². The van der Waals surface area contributed by atoms with Gasteiger partial charge in [0.25, 0.3) is 0 Å². The Hall–Kier alpha value is -1.37. The zero-order valence-corrected chi connectivity index (χ0v) is 15.9. The monoisotopic (exact) mass is 331 g/mol. The quantitative estimate of drug-likeness (QED) is 0.740. The lowest BCUT2D eigenvalue weighted by Gasteiger charge is -2.24. The van der Waals surface area contributed by atoms with E-state index in [4.69, 9.17) is 13.3 Å². The van der Waals surface area contributed by atoms with Crippen LogP contribution in [0.1, 0.15) is 62.3 Å². The average molecular weight is 331 g/mol. The van der Waals surface area contributed by atoms with Crippen LogP contribution in [-0.4, -0.2) is 27.4 Å². The molecular weight excluding hydrogens is 304 g/mol. The van der Waals surface area contributed by atoms with Crippen LogP contribution < -0.4 is 0 Å². The number of hydrogen-bond acceptors (Lipinski definition) is 6. The zero-order chi connectivity index (χ0) is 17.9. The van der Waals surface area contributed by atoms with Crippen LogP contribution >= 0.6 is 0 Å². The van der Waals surface area contributed by atoms with Crippen LogP contribution in [0.25, 0.3) is 0 Å². The molecule has 0 N–H and O–H groups in total. The molecule has 22 heavy (non-hydrogen) atoms. The Labute approximate surface area is 134 Å². The molecule has 0 atom stereocenters. The lowest BCUT2D eigenvalue weighted by molar-refractivity contribution is -0.158. The summed E-state index contributed by atoms with van der Waals surface area (Å²) in [6.07, 6.45) is 0. The maximum absolute atomic E-state index is 12.0. The van der Waals surface area contributed by atoms with Crippen molar-refractivity contribution in [2.45, 2.75) is 62.3 Å². The highest BCUT2D eigenvalue weighted by Gasteiger charge is 2.42. The SMILES string of the molecule is CC(C)(C)C(=O)O[Si](OC(=O)C(C)(C)C)OC(=O)C(C)(C)C. The Morgan fingerprint density at radius 1 is 0.545 bits per heavy atom. The largest absolute Gasteiger partial charge is 0.824 e. The Morgan fingerprint density at radius 2 is 0.727 bits per heavy atom. The predicted molar refractivity (Wildman–Crippen MR) is 82.4 cm³/mol. The Morgan fingerprint density at radius 3 is 0.864 bits per heavy atom. The third-order valence-electron chi connectivity index (χ3n) is 2.37. The second-order valence-corrected chi connectivity index (χ2v) is 9.28. The molecule has 0 heterocycles. The molecule has 0 rings (SSSR count). The topological polar surface area (TPSA) is 78.9 Å². The minimum absolute atomic E-state index is 0.593. The van der Waals surface area contributed by atoms with Crippen molar-refractivity contribution in [1.82, 2.24) is 0 Å². The molecule has 1 radical (unpaired) electrons. The van der Waals surface area contributed by atoms with Crippen molar-refractivity contribution in [3.05, 3.63) is 0 Å². The van der Waals surface area contributed by atoms with E-state index in [0.717, 1.165) is 0 Å². The zero-order valence-electron chi connectivity index (χ0n) is 14.9. The van der Waals surface area contributed by atoms with Crippen molar-refractivity contribution in [2.75, 3.05) is 0 Å². The molecule has 0 aromatic carbocycles. The first-order chi connectivity index (χ1) is 9.55. The predicted octanol–water partition coefficient (Wildman–Crippen LogP) is 2.74. The third kappa shape index (κ3) is 7.06. The van der Waals surface area contributed by atoms with Gasteiger partial charge in [0, 0.05) is 0 Å². The van der Waals surface area contributed by atoms with Crippen LogP contribution in [0.15, 0.2) is 0 Å². The molecule has 0 saturated carbocycles. The maximum Gasteiger partial charge on any atom is 0.824 e. The van der Waals surface area contributed by atoms with Crippen molar-refractivity contribution in [3.63, 3.8) is 0 Å². The molecule has 0 aromatic rings. The van der Waals surface area contributed by atoms with Gasteiger partial charge in [0.1, 0.15) is 0 Å². The summed E-state index contributed by atoms with van der Waals surface area (Å²) in [5.74, 6) is -1.78. The van der Waals surface area contributed by atoms with Crippen LogP contribution in [-0.2, 0) is 27.7 Å². The van der Waals surface area contributed by atoms with E-state index in [1.54, 1.807) is 62.3 Å². The van der Waals surface area contributed by atoms with Gasteiger partial charge in [0.2, 0.25) is 0 Å². The summed E-state index contributed by atoms with van der Waals surface area (Å²) >= 11 is 0. The first-order valence-corrected chi connectivity index (χ1v) is 8.31. The number of carbonyl (C=O) groups excluding carboxylic acids is 3. The van der Waals surface area contributed by atoms with Crippen LogP contribution in [0.5, 0.6) is 0 Å². The number of hydrogen-bond donors (Lipinski definition) is 0. The fourth-order valence-electron chi connectivity index (χ4n) is 0.749. The molecule has 0 bridgehead atoms. The minimum Gasteiger partial charge on any atom is -0.451 e. The van der Waals surface area contributed by atoms with Gasteiger partial charge in [-0.3, -0.25) is 14.4 Å². The molecule has 0 amide bonds. The van der Waals surface area contributed by atoms with Crippen LogP contribution in [0.4, 0.5) is 0 Å². The molecule has 0 aliphatic carbocycles. The van der Waals surface area contributed by atoms with E-state index in [1.165, 1.54) is 0 Å². The molecule has 0 aliphatic rings. The lowest BCUT2D eigenvalue weighted by atomic mass is 9.98. The smallest absolute Gasteiger partial charge is 0.451 e. The molecule has 0 aromatic heterocycles. The van der Waals surface area contributed by atoms with Gasteiger partial charge in [-0.1, -0.05) is 0 Å². The normalized spacial score (nSPS) is 12.8. The lowest BCUT2D eigenvalue weighted by Crippen LogP contribution is -2.42. The van der Waals surface area contributed by atoms with E-state index in [1.807, 2.05) is 0 Å². The number of carbonyl (C=O) groups is 3.